The third-order valence-electron chi connectivity index (χ3n) is 2.94. The number of carbonyl (C=O) groups is 1. The van der Waals surface area contributed by atoms with E-state index in [9.17, 15) is 9.90 Å². The molecule has 0 bridgehead atoms. The van der Waals surface area contributed by atoms with Gasteiger partial charge in [0.05, 0.1) is 22.7 Å². The fourth-order valence-corrected chi connectivity index (χ4v) is 1.49. The van der Waals surface area contributed by atoms with E-state index in [2.05, 4.69) is 10.3 Å². The third-order valence-corrected chi connectivity index (χ3v) is 3.24. The van der Waals surface area contributed by atoms with Gasteiger partial charge in [0.15, 0.2) is 0 Å². The number of hydrogen-bond donors (Lipinski definition) is 2. The summed E-state index contributed by atoms with van der Waals surface area (Å²) in [7, 11) is 3.35. The Bertz CT molecular complexity index is 449. The normalized spacial score (nSPS) is 11.2. The van der Waals surface area contributed by atoms with Gasteiger partial charge in [0.1, 0.15) is 5.82 Å². The van der Waals surface area contributed by atoms with Gasteiger partial charge in [-0.15, -0.1) is 0 Å². The topological polar surface area (TPSA) is 65.5 Å². The van der Waals surface area contributed by atoms with Crippen LogP contribution in [-0.4, -0.2) is 47.1 Å². The van der Waals surface area contributed by atoms with E-state index in [0.29, 0.717) is 16.4 Å². The molecule has 0 aromatic carbocycles. The molecule has 18 heavy (non-hydrogen) atoms. The van der Waals surface area contributed by atoms with Gasteiger partial charge < -0.3 is 15.3 Å². The van der Waals surface area contributed by atoms with Crippen molar-refractivity contribution < 1.29 is 9.90 Å². The van der Waals surface area contributed by atoms with Crippen molar-refractivity contribution in [1.82, 2.24) is 9.88 Å². The Morgan fingerprint density at radius 3 is 2.72 bits per heavy atom. The van der Waals surface area contributed by atoms with Gasteiger partial charge in [-0.25, -0.2) is 4.98 Å². The number of rotatable bonds is 4. The lowest BCUT2D eigenvalue weighted by Gasteiger charge is -2.34. The van der Waals surface area contributed by atoms with Crippen molar-refractivity contribution in [3.05, 3.63) is 22.8 Å². The van der Waals surface area contributed by atoms with Gasteiger partial charge in [-0.1, -0.05) is 11.6 Å². The summed E-state index contributed by atoms with van der Waals surface area (Å²) in [6.07, 6.45) is 1.43. The highest BCUT2D eigenvalue weighted by molar-refractivity contribution is 6.33. The number of aromatic nitrogens is 1. The van der Waals surface area contributed by atoms with E-state index in [-0.39, 0.29) is 12.5 Å². The summed E-state index contributed by atoms with van der Waals surface area (Å²) >= 11 is 5.99. The maximum absolute atomic E-state index is 12.3. The molecule has 2 N–H and O–H groups in total. The Hall–Kier alpha value is -1.33. The average molecular weight is 272 g/mol. The highest BCUT2D eigenvalue weighted by Crippen LogP contribution is 2.22. The molecule has 0 radical (unpaired) electrons. The molecule has 1 rings (SSSR count). The van der Waals surface area contributed by atoms with Crippen LogP contribution in [0.25, 0.3) is 0 Å². The monoisotopic (exact) mass is 271 g/mol. The molecule has 5 nitrogen and oxygen atoms in total. The molecule has 1 aromatic rings. The number of hydrogen-bond acceptors (Lipinski definition) is 4. The molecular weight excluding hydrogens is 254 g/mol. The lowest BCUT2D eigenvalue weighted by Crippen LogP contribution is -2.47. The maximum atomic E-state index is 12.3. The predicted octanol–water partition coefficient (Wildman–Crippen LogP) is 1.62. The molecule has 0 spiro atoms. The molecule has 0 aliphatic carbocycles. The van der Waals surface area contributed by atoms with Crippen molar-refractivity contribution in [2.45, 2.75) is 19.4 Å². The Labute approximate surface area is 112 Å². The second-order valence-corrected chi connectivity index (χ2v) is 5.04. The summed E-state index contributed by atoms with van der Waals surface area (Å²) in [6, 6.07) is 1.59. The molecule has 100 valence electrons. The van der Waals surface area contributed by atoms with E-state index in [4.69, 9.17) is 11.6 Å². The first-order valence-electron chi connectivity index (χ1n) is 5.56. The number of anilines is 1. The number of nitrogens with zero attached hydrogens (tertiary/aromatic N) is 2. The highest BCUT2D eigenvalue weighted by atomic mass is 35.5. The molecule has 0 aliphatic rings. The largest absolute Gasteiger partial charge is 0.394 e. The molecule has 0 fully saturated rings. The molecule has 0 saturated carbocycles. The number of aliphatic hydroxyl groups excluding tert-OH is 1. The van der Waals surface area contributed by atoms with Crippen LogP contribution in [0.3, 0.4) is 0 Å². The van der Waals surface area contributed by atoms with Crippen LogP contribution in [0.2, 0.25) is 5.02 Å². The Morgan fingerprint density at radius 1 is 1.61 bits per heavy atom. The summed E-state index contributed by atoms with van der Waals surface area (Å²) in [5, 5.41) is 12.4. The van der Waals surface area contributed by atoms with E-state index in [1.54, 1.807) is 34.0 Å². The summed E-state index contributed by atoms with van der Waals surface area (Å²) in [6.45, 7) is 3.43. The molecule has 1 heterocycles. The second kappa shape index (κ2) is 5.54. The number of halogens is 1. The number of aliphatic hydroxyl groups is 1. The molecule has 0 aliphatic heterocycles. The van der Waals surface area contributed by atoms with Crippen molar-refractivity contribution in [3.63, 3.8) is 0 Å². The van der Waals surface area contributed by atoms with Crippen LogP contribution in [-0.2, 0) is 0 Å². The van der Waals surface area contributed by atoms with Crippen molar-refractivity contribution in [2.75, 3.05) is 26.0 Å². The van der Waals surface area contributed by atoms with E-state index in [1.807, 2.05) is 0 Å². The van der Waals surface area contributed by atoms with Crippen LogP contribution in [0.4, 0.5) is 5.82 Å². The molecular formula is C12H18ClN3O2. The van der Waals surface area contributed by atoms with Crippen molar-refractivity contribution >= 4 is 23.3 Å². The Balaban J connectivity index is 3.11. The predicted molar refractivity (Wildman–Crippen MR) is 72.1 cm³/mol. The smallest absolute Gasteiger partial charge is 0.255 e. The van der Waals surface area contributed by atoms with Crippen LogP contribution in [0.15, 0.2) is 12.3 Å². The van der Waals surface area contributed by atoms with E-state index >= 15 is 0 Å². The van der Waals surface area contributed by atoms with Gasteiger partial charge in [-0.3, -0.25) is 4.79 Å². The first-order chi connectivity index (χ1) is 8.33. The zero-order chi connectivity index (χ0) is 13.9. The average Bonchev–Trinajstić information content (AvgIpc) is 2.37. The Kier molecular flexibility index (Phi) is 4.53. The van der Waals surface area contributed by atoms with Crippen LogP contribution in [0.1, 0.15) is 24.2 Å². The van der Waals surface area contributed by atoms with Gasteiger partial charge in [-0.2, -0.15) is 0 Å². The SMILES string of the molecule is CNc1cc(C(=O)N(C)C(C)(C)CO)c(Cl)cn1. The minimum absolute atomic E-state index is 0.128. The summed E-state index contributed by atoms with van der Waals surface area (Å²) in [5.74, 6) is 0.316. The minimum Gasteiger partial charge on any atom is -0.394 e. The molecule has 0 atom stereocenters. The van der Waals surface area contributed by atoms with Crippen molar-refractivity contribution in [3.8, 4) is 0 Å². The molecule has 1 aromatic heterocycles. The molecule has 6 heteroatoms. The first kappa shape index (κ1) is 14.7. The van der Waals surface area contributed by atoms with Crippen molar-refractivity contribution in [1.29, 1.82) is 0 Å². The molecule has 1 amide bonds. The lowest BCUT2D eigenvalue weighted by atomic mass is 10.0. The minimum atomic E-state index is -0.649. The standard InChI is InChI=1S/C12H18ClN3O2/c1-12(2,7-17)16(4)11(18)8-5-10(14-3)15-6-9(8)13/h5-6,17H,7H2,1-4H3,(H,14,15). The molecule has 0 saturated heterocycles. The Morgan fingerprint density at radius 2 is 2.22 bits per heavy atom. The number of pyridine rings is 1. The fraction of sp³-hybridized carbons (Fsp3) is 0.500. The number of carbonyl (C=O) groups excluding carboxylic acids is 1. The van der Waals surface area contributed by atoms with Gasteiger partial charge in [0, 0.05) is 20.3 Å². The zero-order valence-corrected chi connectivity index (χ0v) is 11.7. The van der Waals surface area contributed by atoms with Gasteiger partial charge in [0.2, 0.25) is 0 Å². The first-order valence-corrected chi connectivity index (χ1v) is 5.93. The van der Waals surface area contributed by atoms with Gasteiger partial charge >= 0.3 is 0 Å². The quantitative estimate of drug-likeness (QED) is 0.873. The van der Waals surface area contributed by atoms with Crippen LogP contribution in [0, 0.1) is 0 Å². The van der Waals surface area contributed by atoms with E-state index in [0.717, 1.165) is 0 Å². The number of nitrogens with one attached hydrogen (secondary N) is 1. The second-order valence-electron chi connectivity index (χ2n) is 4.63. The van der Waals surface area contributed by atoms with E-state index < -0.39 is 5.54 Å². The maximum Gasteiger partial charge on any atom is 0.255 e. The third kappa shape index (κ3) is 2.91. The van der Waals surface area contributed by atoms with Crippen LogP contribution < -0.4 is 5.32 Å². The van der Waals surface area contributed by atoms with Crippen LogP contribution >= 0.6 is 11.6 Å². The summed E-state index contributed by atoms with van der Waals surface area (Å²) in [4.78, 5) is 17.8. The summed E-state index contributed by atoms with van der Waals surface area (Å²) in [5.41, 5.74) is -0.288. The highest BCUT2D eigenvalue weighted by Gasteiger charge is 2.28. The van der Waals surface area contributed by atoms with E-state index in [1.165, 1.54) is 11.1 Å². The fourth-order valence-electron chi connectivity index (χ4n) is 1.30. The lowest BCUT2D eigenvalue weighted by molar-refractivity contribution is 0.0473. The van der Waals surface area contributed by atoms with Crippen molar-refractivity contribution in [2.24, 2.45) is 0 Å². The molecule has 0 unspecified atom stereocenters. The van der Waals surface area contributed by atoms with Gasteiger partial charge in [0.25, 0.3) is 5.91 Å². The summed E-state index contributed by atoms with van der Waals surface area (Å²) < 4.78 is 0. The number of likely N-dealkylation sites (N-methyl/N-ethyl adjacent to an activating group) is 1. The zero-order valence-electron chi connectivity index (χ0n) is 11.0. The van der Waals surface area contributed by atoms with Gasteiger partial charge in [-0.05, 0) is 19.9 Å². The van der Waals surface area contributed by atoms with Crippen LogP contribution in [0.5, 0.6) is 0 Å². The number of amides is 1.